The van der Waals surface area contributed by atoms with E-state index >= 15 is 0 Å². The van der Waals surface area contributed by atoms with Crippen LogP contribution in [0.1, 0.15) is 32.7 Å². The average Bonchev–Trinajstić information content (AvgIpc) is 3.21. The molecule has 27 heavy (non-hydrogen) atoms. The standard InChI is InChI=1S/C21H22N4O2/c1-16-8-9-18(20(26)23-10-5-12-25-13-11-22-15-25)14-19(16)24-21(27)17-6-3-2-4-7-17/h2-4,6-9,11,13-15H,5,10,12H2,1H3,(H,23,26)(H,24,27). The number of amides is 2. The van der Waals surface area contributed by atoms with Crippen LogP contribution in [0.4, 0.5) is 5.69 Å². The minimum absolute atomic E-state index is 0.157. The maximum Gasteiger partial charge on any atom is 0.255 e. The van der Waals surface area contributed by atoms with Crippen LogP contribution >= 0.6 is 0 Å². The number of imidazole rings is 1. The molecule has 0 atom stereocenters. The van der Waals surface area contributed by atoms with Gasteiger partial charge in [0.1, 0.15) is 0 Å². The Morgan fingerprint density at radius 1 is 1.04 bits per heavy atom. The Labute approximate surface area is 158 Å². The first kappa shape index (κ1) is 18.4. The molecule has 0 spiro atoms. The van der Waals surface area contributed by atoms with Crippen molar-refractivity contribution >= 4 is 17.5 Å². The van der Waals surface area contributed by atoms with Crippen LogP contribution in [0.2, 0.25) is 0 Å². The maximum absolute atomic E-state index is 12.4. The quantitative estimate of drug-likeness (QED) is 0.634. The van der Waals surface area contributed by atoms with Crippen molar-refractivity contribution in [3.8, 4) is 0 Å². The maximum atomic E-state index is 12.4. The minimum atomic E-state index is -0.198. The smallest absolute Gasteiger partial charge is 0.255 e. The molecule has 6 heteroatoms. The first-order valence-corrected chi connectivity index (χ1v) is 8.84. The number of aryl methyl sites for hydroxylation is 2. The van der Waals surface area contributed by atoms with E-state index in [1.54, 1.807) is 36.8 Å². The molecular weight excluding hydrogens is 340 g/mol. The third-order valence-electron chi connectivity index (χ3n) is 4.22. The third-order valence-corrected chi connectivity index (χ3v) is 4.22. The summed E-state index contributed by atoms with van der Waals surface area (Å²) in [4.78, 5) is 28.7. The molecule has 2 N–H and O–H groups in total. The molecule has 0 fully saturated rings. The second-order valence-corrected chi connectivity index (χ2v) is 6.26. The second-order valence-electron chi connectivity index (χ2n) is 6.26. The predicted molar refractivity (Wildman–Crippen MR) is 105 cm³/mol. The number of rotatable bonds is 7. The first-order chi connectivity index (χ1) is 13.1. The number of hydrogen-bond acceptors (Lipinski definition) is 3. The Hall–Kier alpha value is -3.41. The summed E-state index contributed by atoms with van der Waals surface area (Å²) in [6, 6.07) is 14.3. The highest BCUT2D eigenvalue weighted by Gasteiger charge is 2.11. The molecule has 0 bridgehead atoms. The van der Waals surface area contributed by atoms with Gasteiger partial charge in [-0.15, -0.1) is 0 Å². The predicted octanol–water partition coefficient (Wildman–Crippen LogP) is 3.26. The van der Waals surface area contributed by atoms with Gasteiger partial charge < -0.3 is 15.2 Å². The molecule has 3 rings (SSSR count). The fourth-order valence-corrected chi connectivity index (χ4v) is 2.67. The van der Waals surface area contributed by atoms with Crippen LogP contribution in [0.3, 0.4) is 0 Å². The van der Waals surface area contributed by atoms with Gasteiger partial charge in [-0.3, -0.25) is 9.59 Å². The van der Waals surface area contributed by atoms with Gasteiger partial charge in [0, 0.05) is 42.3 Å². The van der Waals surface area contributed by atoms with Crippen molar-refractivity contribution in [2.24, 2.45) is 0 Å². The van der Waals surface area contributed by atoms with Gasteiger partial charge in [0.25, 0.3) is 11.8 Å². The number of nitrogens with one attached hydrogen (secondary N) is 2. The average molecular weight is 362 g/mol. The van der Waals surface area contributed by atoms with Gasteiger partial charge >= 0.3 is 0 Å². The number of carbonyl (C=O) groups is 2. The summed E-state index contributed by atoms with van der Waals surface area (Å²) in [5.74, 6) is -0.354. The lowest BCUT2D eigenvalue weighted by Crippen LogP contribution is -2.25. The van der Waals surface area contributed by atoms with Crippen LogP contribution in [0.15, 0.2) is 67.3 Å². The lowest BCUT2D eigenvalue weighted by Gasteiger charge is -2.11. The zero-order valence-electron chi connectivity index (χ0n) is 15.2. The van der Waals surface area contributed by atoms with E-state index in [1.807, 2.05) is 42.0 Å². The first-order valence-electron chi connectivity index (χ1n) is 8.84. The van der Waals surface area contributed by atoms with Crippen molar-refractivity contribution in [3.63, 3.8) is 0 Å². The Bertz CT molecular complexity index is 905. The molecule has 1 heterocycles. The molecule has 0 saturated carbocycles. The number of nitrogens with zero attached hydrogens (tertiary/aromatic N) is 2. The van der Waals surface area contributed by atoms with Crippen LogP contribution in [-0.2, 0) is 6.54 Å². The topological polar surface area (TPSA) is 76.0 Å². The Balaban J connectivity index is 1.58. The summed E-state index contributed by atoms with van der Waals surface area (Å²) in [6.07, 6.45) is 6.19. The van der Waals surface area contributed by atoms with Crippen molar-refractivity contribution in [2.75, 3.05) is 11.9 Å². The number of hydrogen-bond donors (Lipinski definition) is 2. The molecular formula is C21H22N4O2. The van der Waals surface area contributed by atoms with Gasteiger partial charge in [0.15, 0.2) is 0 Å². The highest BCUT2D eigenvalue weighted by Crippen LogP contribution is 2.18. The SMILES string of the molecule is Cc1ccc(C(=O)NCCCn2ccnc2)cc1NC(=O)c1ccccc1. The van der Waals surface area contributed by atoms with Crippen LogP contribution in [-0.4, -0.2) is 27.9 Å². The summed E-state index contributed by atoms with van der Waals surface area (Å²) < 4.78 is 1.97. The van der Waals surface area contributed by atoms with Crippen molar-refractivity contribution < 1.29 is 9.59 Å². The summed E-state index contributed by atoms with van der Waals surface area (Å²) >= 11 is 0. The minimum Gasteiger partial charge on any atom is -0.352 e. The number of anilines is 1. The summed E-state index contributed by atoms with van der Waals surface area (Å²) in [7, 11) is 0. The molecule has 3 aromatic rings. The zero-order chi connectivity index (χ0) is 19.1. The molecule has 0 aliphatic rings. The Kier molecular flexibility index (Phi) is 5.99. The van der Waals surface area contributed by atoms with Crippen LogP contribution in [0, 0.1) is 6.92 Å². The highest BCUT2D eigenvalue weighted by atomic mass is 16.2. The van der Waals surface area contributed by atoms with E-state index in [4.69, 9.17) is 0 Å². The largest absolute Gasteiger partial charge is 0.352 e. The molecule has 6 nitrogen and oxygen atoms in total. The monoisotopic (exact) mass is 362 g/mol. The number of carbonyl (C=O) groups excluding carboxylic acids is 2. The molecule has 0 unspecified atom stereocenters. The van der Waals surface area contributed by atoms with E-state index in [2.05, 4.69) is 15.6 Å². The van der Waals surface area contributed by atoms with Crippen molar-refractivity contribution in [2.45, 2.75) is 19.9 Å². The highest BCUT2D eigenvalue weighted by molar-refractivity contribution is 6.05. The lowest BCUT2D eigenvalue weighted by molar-refractivity contribution is 0.0951. The van der Waals surface area contributed by atoms with Crippen molar-refractivity contribution in [1.82, 2.24) is 14.9 Å². The van der Waals surface area contributed by atoms with Gasteiger partial charge in [-0.05, 0) is 43.2 Å². The molecule has 0 aliphatic heterocycles. The second kappa shape index (κ2) is 8.80. The molecule has 1 aromatic heterocycles. The van der Waals surface area contributed by atoms with Crippen LogP contribution in [0.5, 0.6) is 0 Å². The van der Waals surface area contributed by atoms with E-state index in [1.165, 1.54) is 0 Å². The molecule has 0 aliphatic carbocycles. The summed E-state index contributed by atoms with van der Waals surface area (Å²) in [6.45, 7) is 3.26. The normalized spacial score (nSPS) is 10.4. The van der Waals surface area contributed by atoms with Gasteiger partial charge in [0.05, 0.1) is 6.33 Å². The molecule has 138 valence electrons. The Morgan fingerprint density at radius 3 is 2.59 bits per heavy atom. The van der Waals surface area contributed by atoms with Gasteiger partial charge in [-0.2, -0.15) is 0 Å². The van der Waals surface area contributed by atoms with Crippen molar-refractivity contribution in [1.29, 1.82) is 0 Å². The Morgan fingerprint density at radius 2 is 1.85 bits per heavy atom. The van der Waals surface area contributed by atoms with Gasteiger partial charge in [-0.25, -0.2) is 4.98 Å². The third kappa shape index (κ3) is 5.04. The van der Waals surface area contributed by atoms with Crippen LogP contribution < -0.4 is 10.6 Å². The van der Waals surface area contributed by atoms with Crippen molar-refractivity contribution in [3.05, 3.63) is 83.9 Å². The zero-order valence-corrected chi connectivity index (χ0v) is 15.2. The summed E-state index contributed by atoms with van der Waals surface area (Å²) in [5, 5.41) is 5.79. The summed E-state index contributed by atoms with van der Waals surface area (Å²) in [5.41, 5.74) is 2.63. The molecule has 0 saturated heterocycles. The van der Waals surface area contributed by atoms with E-state index in [-0.39, 0.29) is 11.8 Å². The molecule has 0 radical (unpaired) electrons. The van der Waals surface area contributed by atoms with E-state index < -0.39 is 0 Å². The number of benzene rings is 2. The van der Waals surface area contributed by atoms with Gasteiger partial charge in [0.2, 0.25) is 0 Å². The fraction of sp³-hybridized carbons (Fsp3) is 0.190. The lowest BCUT2D eigenvalue weighted by atomic mass is 10.1. The van der Waals surface area contributed by atoms with E-state index in [0.717, 1.165) is 18.5 Å². The fourth-order valence-electron chi connectivity index (χ4n) is 2.67. The van der Waals surface area contributed by atoms with E-state index in [9.17, 15) is 9.59 Å². The van der Waals surface area contributed by atoms with Crippen LogP contribution in [0.25, 0.3) is 0 Å². The molecule has 2 amide bonds. The molecule has 2 aromatic carbocycles. The number of aromatic nitrogens is 2. The van der Waals surface area contributed by atoms with E-state index in [0.29, 0.717) is 23.4 Å². The van der Waals surface area contributed by atoms with Gasteiger partial charge in [-0.1, -0.05) is 24.3 Å².